The lowest BCUT2D eigenvalue weighted by molar-refractivity contribution is 1.35. The van der Waals surface area contributed by atoms with E-state index in [-0.39, 0.29) is 0 Å². The topological polar surface area (TPSA) is 37.3 Å². The van der Waals surface area contributed by atoms with Crippen LogP contribution in [0.15, 0.2) is 163 Å². The number of nitrogens with zero attached hydrogens (tertiary/aromatic N) is 2. The van der Waals surface area contributed by atoms with Crippen LogP contribution >= 0.6 is 14.4 Å². The zero-order valence-electron chi connectivity index (χ0n) is 20.8. The maximum atomic E-state index is 5.62. The van der Waals surface area contributed by atoms with E-state index in [1.54, 1.807) is 0 Å². The molecule has 184 valence electrons. The third-order valence-electron chi connectivity index (χ3n) is 6.47. The van der Waals surface area contributed by atoms with E-state index >= 15 is 0 Å². The molecule has 3 nitrogen and oxygen atoms in total. The second-order valence-electron chi connectivity index (χ2n) is 8.85. The van der Waals surface area contributed by atoms with Crippen LogP contribution in [-0.2, 0) is 0 Å². The number of rotatable bonds is 7. The fourth-order valence-corrected chi connectivity index (χ4v) is 14.5. The minimum absolute atomic E-state index is 0.912. The summed E-state index contributed by atoms with van der Waals surface area (Å²) >= 11 is 0. The van der Waals surface area contributed by atoms with Crippen LogP contribution in [0.1, 0.15) is 0 Å². The van der Waals surface area contributed by atoms with E-state index in [0.29, 0.717) is 0 Å². The van der Waals surface area contributed by atoms with E-state index in [1.807, 2.05) is 12.3 Å². The summed E-state index contributed by atoms with van der Waals surface area (Å²) in [5.41, 5.74) is 5.40. The Morgan fingerprint density at radius 3 is 1.58 bits per heavy atom. The van der Waals surface area contributed by atoms with Gasteiger partial charge in [0.25, 0.3) is 0 Å². The van der Waals surface area contributed by atoms with Crippen LogP contribution in [0.3, 0.4) is 0 Å². The Kier molecular flexibility index (Phi) is 7.14. The van der Waals surface area contributed by atoms with Gasteiger partial charge < -0.3 is 0 Å². The number of para-hydroxylation sites is 1. The number of hydrogen-bond acceptors (Lipinski definition) is 2. The second kappa shape index (κ2) is 11.2. The Morgan fingerprint density at radius 2 is 1.03 bits per heavy atom. The number of hydrogen-bond donors (Lipinski definition) is 1. The molecule has 38 heavy (non-hydrogen) atoms. The highest BCUT2D eigenvalue weighted by molar-refractivity contribution is 8.45. The fraction of sp³-hybridized carbons (Fsp3) is 0. The number of nitrogens with one attached hydrogen (secondary N) is 1. The zero-order valence-corrected chi connectivity index (χ0v) is 22.6. The monoisotopic (exact) mass is 527 g/mol. The highest BCUT2D eigenvalue weighted by Crippen LogP contribution is 2.74. The molecule has 1 N–H and O–H groups in total. The Bertz CT molecular complexity index is 1600. The summed E-state index contributed by atoms with van der Waals surface area (Å²) in [6, 6.07) is 53.7. The van der Waals surface area contributed by atoms with Crippen molar-refractivity contribution in [2.24, 2.45) is 4.85 Å². The van der Waals surface area contributed by atoms with Crippen molar-refractivity contribution in [2.75, 3.05) is 5.43 Å². The van der Waals surface area contributed by atoms with Gasteiger partial charge in [-0.3, -0.25) is 10.4 Å². The van der Waals surface area contributed by atoms with Crippen molar-refractivity contribution in [3.8, 4) is 0 Å². The molecule has 0 aliphatic carbocycles. The molecule has 0 fully saturated rings. The Labute approximate surface area is 224 Å². The molecule has 6 rings (SSSR count). The van der Waals surface area contributed by atoms with E-state index in [1.165, 1.54) is 21.2 Å². The lowest BCUT2D eigenvalue weighted by Crippen LogP contribution is -2.24. The summed E-state index contributed by atoms with van der Waals surface area (Å²) in [4.78, 5) is 10.3. The third kappa shape index (κ3) is 4.68. The number of aromatic nitrogens is 1. The van der Waals surface area contributed by atoms with Gasteiger partial charge in [-0.15, -0.1) is 0 Å². The average molecular weight is 528 g/mol. The standard InChI is InChI=1S/C33H27N3P2/c1-5-17-28(18-6-1)37(29-19-7-2-8-20-29)38(30-21-9-3-10-22-30,31-23-11-4-12-24-31)36-35-32-25-13-15-27-16-14-26-34-33(27)32/h1-26,35H. The summed E-state index contributed by atoms with van der Waals surface area (Å²) in [6.07, 6.45) is 1.84. The van der Waals surface area contributed by atoms with Crippen molar-refractivity contribution < 1.29 is 0 Å². The second-order valence-corrected chi connectivity index (χ2v) is 15.9. The molecule has 0 atom stereocenters. The van der Waals surface area contributed by atoms with Gasteiger partial charge in [-0.2, -0.15) is 4.85 Å². The SMILES string of the molecule is c1ccc(P(c2ccccc2)P(=NNc2cccc3cccnc23)(c2ccccc2)c2ccccc2)cc1. The maximum absolute atomic E-state index is 5.62. The van der Waals surface area contributed by atoms with E-state index in [4.69, 9.17) is 4.85 Å². The lowest BCUT2D eigenvalue weighted by Gasteiger charge is -2.35. The van der Waals surface area contributed by atoms with Crippen molar-refractivity contribution in [3.63, 3.8) is 0 Å². The predicted molar refractivity (Wildman–Crippen MR) is 166 cm³/mol. The first-order valence-corrected chi connectivity index (χ1v) is 16.4. The summed E-state index contributed by atoms with van der Waals surface area (Å²) in [5, 5.41) is 6.17. The van der Waals surface area contributed by atoms with E-state index < -0.39 is 14.4 Å². The Morgan fingerprint density at radius 1 is 0.526 bits per heavy atom. The molecule has 0 radical (unpaired) electrons. The number of anilines is 1. The molecule has 5 aromatic carbocycles. The fourth-order valence-electron chi connectivity index (χ4n) is 4.75. The van der Waals surface area contributed by atoms with E-state index in [9.17, 15) is 0 Å². The molecule has 0 spiro atoms. The first kappa shape index (κ1) is 24.3. The van der Waals surface area contributed by atoms with Gasteiger partial charge in [0, 0.05) is 29.8 Å². The molecule has 0 amide bonds. The lowest BCUT2D eigenvalue weighted by atomic mass is 10.2. The molecule has 0 saturated heterocycles. The summed E-state index contributed by atoms with van der Waals surface area (Å²) in [7, 11) is -0.929. The Balaban J connectivity index is 1.70. The summed E-state index contributed by atoms with van der Waals surface area (Å²) in [5.74, 6) is 0. The van der Waals surface area contributed by atoms with Gasteiger partial charge in [-0.25, -0.2) is 0 Å². The summed E-state index contributed by atoms with van der Waals surface area (Å²) in [6.45, 7) is -2.45. The number of benzene rings is 5. The van der Waals surface area contributed by atoms with E-state index in [0.717, 1.165) is 16.6 Å². The molecular formula is C33H27N3P2. The van der Waals surface area contributed by atoms with Crippen LogP contribution in [0.25, 0.3) is 10.9 Å². The number of pyridine rings is 1. The molecule has 6 aromatic rings. The van der Waals surface area contributed by atoms with Crippen molar-refractivity contribution in [2.45, 2.75) is 0 Å². The molecule has 0 aliphatic rings. The van der Waals surface area contributed by atoms with Gasteiger partial charge in [0.05, 0.1) is 17.9 Å². The van der Waals surface area contributed by atoms with Crippen molar-refractivity contribution in [3.05, 3.63) is 158 Å². The van der Waals surface area contributed by atoms with Crippen LogP contribution in [-0.4, -0.2) is 4.98 Å². The molecule has 0 unspecified atom stereocenters. The first-order valence-electron chi connectivity index (χ1n) is 12.6. The first-order chi connectivity index (χ1) is 18.9. The molecule has 0 aliphatic heterocycles. The van der Waals surface area contributed by atoms with Gasteiger partial charge in [0.15, 0.2) is 0 Å². The quantitative estimate of drug-likeness (QED) is 0.173. The van der Waals surface area contributed by atoms with Gasteiger partial charge in [0.2, 0.25) is 0 Å². The molecule has 1 heterocycles. The molecule has 0 saturated carbocycles. The minimum Gasteiger partial charge on any atom is -0.277 e. The van der Waals surface area contributed by atoms with Gasteiger partial charge in [-0.05, 0) is 22.7 Å². The third-order valence-corrected chi connectivity index (χ3v) is 15.8. The highest BCUT2D eigenvalue weighted by atomic mass is 32.1. The molecule has 5 heteroatoms. The van der Waals surface area contributed by atoms with E-state index in [2.05, 4.69) is 156 Å². The largest absolute Gasteiger partial charge is 0.277 e. The predicted octanol–water partition coefficient (Wildman–Crippen LogP) is 7.46. The van der Waals surface area contributed by atoms with Gasteiger partial charge in [-0.1, -0.05) is 140 Å². The normalized spacial score (nSPS) is 11.4. The van der Waals surface area contributed by atoms with Crippen LogP contribution in [0.5, 0.6) is 0 Å². The van der Waals surface area contributed by atoms with Crippen LogP contribution < -0.4 is 26.6 Å². The van der Waals surface area contributed by atoms with Crippen LogP contribution in [0.2, 0.25) is 0 Å². The minimum atomic E-state index is -2.45. The average Bonchev–Trinajstić information content (AvgIpc) is 3.01. The number of fused-ring (bicyclic) bond motifs is 1. The van der Waals surface area contributed by atoms with Crippen molar-refractivity contribution >= 4 is 52.2 Å². The Hall–Kier alpha value is -4.03. The molecule has 0 bridgehead atoms. The van der Waals surface area contributed by atoms with Gasteiger partial charge >= 0.3 is 0 Å². The van der Waals surface area contributed by atoms with Crippen LogP contribution in [0.4, 0.5) is 5.69 Å². The molecule has 1 aromatic heterocycles. The maximum Gasteiger partial charge on any atom is 0.0951 e. The van der Waals surface area contributed by atoms with Crippen LogP contribution in [0, 0.1) is 0 Å². The molecular weight excluding hydrogens is 500 g/mol. The highest BCUT2D eigenvalue weighted by Gasteiger charge is 2.37. The van der Waals surface area contributed by atoms with Crippen molar-refractivity contribution in [1.29, 1.82) is 0 Å². The zero-order chi connectivity index (χ0) is 25.6. The summed E-state index contributed by atoms with van der Waals surface area (Å²) < 4.78 is 0. The van der Waals surface area contributed by atoms with Crippen molar-refractivity contribution in [1.82, 2.24) is 4.98 Å². The smallest absolute Gasteiger partial charge is 0.0951 e. The van der Waals surface area contributed by atoms with Gasteiger partial charge in [0.1, 0.15) is 0 Å².